The highest BCUT2D eigenvalue weighted by molar-refractivity contribution is 8.00. The monoisotopic (exact) mass is 374 g/mol. The number of carbonyl (C=O) groups is 1. The molecule has 2 aromatic carbocycles. The Hall–Kier alpha value is -2.54. The molecule has 1 heterocycles. The van der Waals surface area contributed by atoms with Gasteiger partial charge in [-0.15, -0.1) is 11.8 Å². The maximum Gasteiger partial charge on any atom is 0.308 e. The summed E-state index contributed by atoms with van der Waals surface area (Å²) in [5.41, 5.74) is 1.82. The fraction of sp³-hybridized carbons (Fsp3) is 0.316. The summed E-state index contributed by atoms with van der Waals surface area (Å²) in [5, 5.41) is 15.9. The average molecular weight is 374 g/mol. The number of ether oxygens (including phenoxy) is 2. The Morgan fingerprint density at radius 2 is 1.62 bits per heavy atom. The van der Waals surface area contributed by atoms with Crippen LogP contribution in [-0.4, -0.2) is 35.0 Å². The molecule has 3 rings (SSSR count). The van der Waals surface area contributed by atoms with Gasteiger partial charge in [0.25, 0.3) is 0 Å². The van der Waals surface area contributed by atoms with E-state index >= 15 is 0 Å². The molecule has 2 aromatic rings. The molecular formula is C19H22N2O4S. The minimum atomic E-state index is -0.863. The molecule has 0 bridgehead atoms. The van der Waals surface area contributed by atoms with Gasteiger partial charge in [0.15, 0.2) is 4.99 Å². The van der Waals surface area contributed by atoms with Crippen LogP contribution in [0, 0.1) is 0 Å². The first-order valence-corrected chi connectivity index (χ1v) is 9.45. The molecule has 0 saturated heterocycles. The van der Waals surface area contributed by atoms with Crippen LogP contribution in [0.4, 0.5) is 11.4 Å². The van der Waals surface area contributed by atoms with Crippen LogP contribution in [0.2, 0.25) is 0 Å². The second kappa shape index (κ2) is 8.23. The summed E-state index contributed by atoms with van der Waals surface area (Å²) in [7, 11) is 0. The molecule has 0 spiro atoms. The van der Waals surface area contributed by atoms with Crippen molar-refractivity contribution in [3.63, 3.8) is 0 Å². The number of hydrogen-bond acceptors (Lipinski definition) is 6. The van der Waals surface area contributed by atoms with Crippen molar-refractivity contribution in [2.45, 2.75) is 18.3 Å². The summed E-state index contributed by atoms with van der Waals surface area (Å²) >= 11 is 1.49. The predicted octanol–water partition coefficient (Wildman–Crippen LogP) is 3.86. The van der Waals surface area contributed by atoms with Crippen LogP contribution < -0.4 is 20.1 Å². The lowest BCUT2D eigenvalue weighted by molar-refractivity contribution is -0.137. The van der Waals surface area contributed by atoms with E-state index in [1.807, 2.05) is 55.5 Å². The van der Waals surface area contributed by atoms with Crippen molar-refractivity contribution >= 4 is 29.1 Å². The van der Waals surface area contributed by atoms with Crippen LogP contribution in [0.1, 0.15) is 13.3 Å². The van der Waals surface area contributed by atoms with Crippen molar-refractivity contribution in [3.05, 3.63) is 48.5 Å². The zero-order valence-electron chi connectivity index (χ0n) is 14.5. The minimum absolute atomic E-state index is 0.0462. The third-order valence-electron chi connectivity index (χ3n) is 3.84. The van der Waals surface area contributed by atoms with Gasteiger partial charge in [-0.2, -0.15) is 0 Å². The number of carboxylic acids is 1. The smallest absolute Gasteiger partial charge is 0.308 e. The molecule has 0 amide bonds. The average Bonchev–Trinajstić information content (AvgIpc) is 2.97. The summed E-state index contributed by atoms with van der Waals surface area (Å²) in [6, 6.07) is 15.2. The van der Waals surface area contributed by atoms with E-state index in [9.17, 15) is 9.90 Å². The minimum Gasteiger partial charge on any atom is -0.494 e. The molecule has 26 heavy (non-hydrogen) atoms. The van der Waals surface area contributed by atoms with Crippen LogP contribution in [-0.2, 0) is 4.79 Å². The van der Waals surface area contributed by atoms with Gasteiger partial charge in [-0.25, -0.2) is 0 Å². The number of hydrogen-bond donors (Lipinski definition) is 3. The zero-order valence-corrected chi connectivity index (χ0v) is 15.3. The highest BCUT2D eigenvalue weighted by Gasteiger charge is 2.38. The van der Waals surface area contributed by atoms with Gasteiger partial charge in [0.2, 0.25) is 0 Å². The van der Waals surface area contributed by atoms with E-state index in [1.165, 1.54) is 11.8 Å². The molecule has 3 N–H and O–H groups in total. The summed E-state index contributed by atoms with van der Waals surface area (Å²) < 4.78 is 11.1. The number of carboxylic acid groups (broad SMARTS) is 1. The van der Waals surface area contributed by atoms with Gasteiger partial charge in [-0.3, -0.25) is 4.79 Å². The Kier molecular flexibility index (Phi) is 5.78. The van der Waals surface area contributed by atoms with Crippen molar-refractivity contribution in [2.75, 3.05) is 29.6 Å². The number of rotatable bonds is 9. The highest BCUT2D eigenvalue weighted by atomic mass is 32.2. The second-order valence-electron chi connectivity index (χ2n) is 5.79. The number of para-hydroxylation sites is 2. The molecule has 1 aliphatic rings. The van der Waals surface area contributed by atoms with Crippen molar-refractivity contribution < 1.29 is 19.4 Å². The Bertz CT molecular complexity index is 726. The number of thioether (sulfide) groups is 1. The van der Waals surface area contributed by atoms with Gasteiger partial charge in [0.1, 0.15) is 11.5 Å². The Balaban J connectivity index is 1.53. The normalized spacial score (nSPS) is 14.0. The molecule has 0 aromatic heterocycles. The van der Waals surface area contributed by atoms with Gasteiger partial charge < -0.3 is 25.2 Å². The topological polar surface area (TPSA) is 79.8 Å². The number of aliphatic carboxylic acids is 1. The summed E-state index contributed by atoms with van der Waals surface area (Å²) in [5.74, 6) is 1.34. The Labute approximate surface area is 156 Å². The number of benzene rings is 2. The summed E-state index contributed by atoms with van der Waals surface area (Å²) in [4.78, 5) is 10.5. The van der Waals surface area contributed by atoms with Gasteiger partial charge in [-0.05, 0) is 43.3 Å². The van der Waals surface area contributed by atoms with Gasteiger partial charge >= 0.3 is 5.97 Å². The molecule has 0 radical (unpaired) electrons. The van der Waals surface area contributed by atoms with Crippen LogP contribution in [0.25, 0.3) is 0 Å². The lowest BCUT2D eigenvalue weighted by Crippen LogP contribution is -2.41. The molecule has 138 valence electrons. The van der Waals surface area contributed by atoms with E-state index in [0.717, 1.165) is 22.9 Å². The van der Waals surface area contributed by atoms with Crippen LogP contribution in [0.3, 0.4) is 0 Å². The van der Waals surface area contributed by atoms with E-state index in [1.54, 1.807) is 0 Å². The zero-order chi connectivity index (χ0) is 18.4. The third kappa shape index (κ3) is 4.54. The van der Waals surface area contributed by atoms with Crippen molar-refractivity contribution in [3.8, 4) is 11.5 Å². The lowest BCUT2D eigenvalue weighted by atomic mass is 10.3. The first-order chi connectivity index (χ1) is 12.6. The van der Waals surface area contributed by atoms with Crippen LogP contribution in [0.15, 0.2) is 48.5 Å². The number of anilines is 2. The first kappa shape index (κ1) is 18.3. The number of fused-ring (bicyclic) bond motifs is 1. The van der Waals surface area contributed by atoms with Gasteiger partial charge in [0.05, 0.1) is 31.0 Å². The van der Waals surface area contributed by atoms with E-state index in [4.69, 9.17) is 9.47 Å². The standard InChI is InChI=1S/C19H22N2O4S/c1-2-24-14-7-9-15(10-8-14)25-11-12-26-19(13-18(22)23)20-16-5-3-4-6-17(16)21-19/h3-10,20-21H,2,11-13H2,1H3,(H,22,23). The fourth-order valence-corrected chi connectivity index (χ4v) is 3.87. The molecule has 7 heteroatoms. The molecule has 0 saturated carbocycles. The Morgan fingerprint density at radius 3 is 2.15 bits per heavy atom. The first-order valence-electron chi connectivity index (χ1n) is 8.47. The molecule has 0 unspecified atom stereocenters. The van der Waals surface area contributed by atoms with Crippen LogP contribution in [0.5, 0.6) is 11.5 Å². The highest BCUT2D eigenvalue weighted by Crippen LogP contribution is 2.41. The SMILES string of the molecule is CCOc1ccc(OCCSC2(CC(=O)O)Nc3ccccc3N2)cc1. The maximum atomic E-state index is 11.3. The molecule has 1 aliphatic heterocycles. The number of nitrogens with one attached hydrogen (secondary N) is 2. The molecule has 0 fully saturated rings. The van der Waals surface area contributed by atoms with E-state index in [2.05, 4.69) is 10.6 Å². The van der Waals surface area contributed by atoms with Crippen LogP contribution >= 0.6 is 11.8 Å². The summed E-state index contributed by atoms with van der Waals surface area (Å²) in [6.45, 7) is 3.04. The Morgan fingerprint density at radius 1 is 1.04 bits per heavy atom. The largest absolute Gasteiger partial charge is 0.494 e. The second-order valence-corrected chi connectivity index (χ2v) is 7.19. The molecule has 6 nitrogen and oxygen atoms in total. The van der Waals surface area contributed by atoms with E-state index < -0.39 is 11.0 Å². The van der Waals surface area contributed by atoms with Crippen molar-refractivity contribution in [2.24, 2.45) is 0 Å². The third-order valence-corrected chi connectivity index (χ3v) is 5.05. The summed E-state index contributed by atoms with van der Waals surface area (Å²) in [6.07, 6.45) is -0.0462. The lowest BCUT2D eigenvalue weighted by Gasteiger charge is -2.28. The molecule has 0 atom stereocenters. The van der Waals surface area contributed by atoms with Gasteiger partial charge in [0, 0.05) is 5.75 Å². The maximum absolute atomic E-state index is 11.3. The van der Waals surface area contributed by atoms with Gasteiger partial charge in [-0.1, -0.05) is 12.1 Å². The van der Waals surface area contributed by atoms with E-state index in [0.29, 0.717) is 19.0 Å². The van der Waals surface area contributed by atoms with E-state index in [-0.39, 0.29) is 6.42 Å². The van der Waals surface area contributed by atoms with Crippen molar-refractivity contribution in [1.29, 1.82) is 0 Å². The molecular weight excluding hydrogens is 352 g/mol. The predicted molar refractivity (Wildman–Crippen MR) is 104 cm³/mol. The van der Waals surface area contributed by atoms with Crippen molar-refractivity contribution in [1.82, 2.24) is 0 Å². The fourth-order valence-electron chi connectivity index (χ4n) is 2.77. The molecule has 0 aliphatic carbocycles. The quantitative estimate of drug-likeness (QED) is 0.575.